The summed E-state index contributed by atoms with van der Waals surface area (Å²) < 4.78 is 55.1. The second kappa shape index (κ2) is 4.97. The predicted molar refractivity (Wildman–Crippen MR) is 58.8 cm³/mol. The van der Waals surface area contributed by atoms with E-state index in [0.29, 0.717) is 10.9 Å². The first-order valence-corrected chi connectivity index (χ1v) is 5.35. The van der Waals surface area contributed by atoms with Gasteiger partial charge in [0.15, 0.2) is 0 Å². The fraction of sp³-hybridized carbons (Fsp3) is 0.333. The normalized spacial score (nSPS) is 12.2. The molecule has 0 saturated carbocycles. The molecule has 6 heteroatoms. The van der Waals surface area contributed by atoms with Crippen molar-refractivity contribution < 1.29 is 22.3 Å². The van der Waals surface area contributed by atoms with E-state index in [4.69, 9.17) is 0 Å². The van der Waals surface area contributed by atoms with Gasteiger partial charge >= 0.3 is 6.18 Å². The summed E-state index contributed by atoms with van der Waals surface area (Å²) in [5.74, 6) is -0.345. The zero-order valence-corrected chi connectivity index (χ0v) is 9.38. The van der Waals surface area contributed by atoms with Gasteiger partial charge in [0, 0.05) is 18.1 Å². The maximum atomic E-state index is 13.4. The van der Waals surface area contributed by atoms with Gasteiger partial charge in [-0.3, -0.25) is 0 Å². The fourth-order valence-electron chi connectivity index (χ4n) is 1.73. The minimum Gasteiger partial charge on any atom is -0.370 e. The van der Waals surface area contributed by atoms with E-state index in [1.807, 2.05) is 0 Å². The number of hydrogen-bond donors (Lipinski definition) is 0. The Labute approximate surface area is 101 Å². The molecule has 2 nitrogen and oxygen atoms in total. The highest BCUT2D eigenvalue weighted by Crippen LogP contribution is 2.19. The van der Waals surface area contributed by atoms with Crippen LogP contribution in [-0.2, 0) is 11.3 Å². The second-order valence-corrected chi connectivity index (χ2v) is 3.85. The number of ether oxygens (including phenoxy) is 1. The van der Waals surface area contributed by atoms with Crippen molar-refractivity contribution in [3.8, 4) is 0 Å². The Morgan fingerprint density at radius 2 is 1.94 bits per heavy atom. The second-order valence-electron chi connectivity index (χ2n) is 3.85. The van der Waals surface area contributed by atoms with E-state index >= 15 is 0 Å². The molecule has 1 heterocycles. The maximum Gasteiger partial charge on any atom is 0.411 e. The lowest BCUT2D eigenvalue weighted by Gasteiger charge is -2.09. The van der Waals surface area contributed by atoms with E-state index in [2.05, 4.69) is 4.74 Å². The predicted octanol–water partition coefficient (Wildman–Crippen LogP) is 3.36. The van der Waals surface area contributed by atoms with Gasteiger partial charge < -0.3 is 9.30 Å². The van der Waals surface area contributed by atoms with Crippen LogP contribution >= 0.6 is 0 Å². The van der Waals surface area contributed by atoms with Crippen molar-refractivity contribution in [3.63, 3.8) is 0 Å². The van der Waals surface area contributed by atoms with Crippen molar-refractivity contribution in [3.05, 3.63) is 36.3 Å². The summed E-state index contributed by atoms with van der Waals surface area (Å²) in [6, 6.07) is 6.20. The van der Waals surface area contributed by atoms with Gasteiger partial charge in [-0.05, 0) is 18.2 Å². The molecule has 98 valence electrons. The largest absolute Gasteiger partial charge is 0.411 e. The van der Waals surface area contributed by atoms with Crippen LogP contribution in [0.5, 0.6) is 0 Å². The van der Waals surface area contributed by atoms with Crippen molar-refractivity contribution in [2.75, 3.05) is 13.2 Å². The summed E-state index contributed by atoms with van der Waals surface area (Å²) in [7, 11) is 0. The molecule has 0 aliphatic rings. The van der Waals surface area contributed by atoms with Crippen LogP contribution in [0.2, 0.25) is 0 Å². The van der Waals surface area contributed by atoms with Crippen LogP contribution in [0.15, 0.2) is 30.5 Å². The SMILES string of the molecule is Fc1cccc2c1ccn2CCOCC(F)(F)F. The minimum atomic E-state index is -4.31. The molecule has 0 bridgehead atoms. The highest BCUT2D eigenvalue weighted by molar-refractivity contribution is 5.80. The molecular weight excluding hydrogens is 250 g/mol. The molecule has 0 unspecified atom stereocenters. The molecule has 0 spiro atoms. The third kappa shape index (κ3) is 3.01. The van der Waals surface area contributed by atoms with Gasteiger partial charge in [-0.15, -0.1) is 0 Å². The molecule has 0 aliphatic heterocycles. The van der Waals surface area contributed by atoms with Gasteiger partial charge in [0.05, 0.1) is 12.1 Å². The van der Waals surface area contributed by atoms with E-state index in [1.165, 1.54) is 6.07 Å². The molecule has 0 fully saturated rings. The molecule has 2 aromatic rings. The smallest absolute Gasteiger partial charge is 0.370 e. The molecule has 0 N–H and O–H groups in total. The Morgan fingerprint density at radius 1 is 1.17 bits per heavy atom. The molecule has 18 heavy (non-hydrogen) atoms. The molecular formula is C12H11F4NO. The van der Waals surface area contributed by atoms with Gasteiger partial charge in [-0.1, -0.05) is 6.07 Å². The lowest BCUT2D eigenvalue weighted by Crippen LogP contribution is -2.18. The molecule has 0 saturated heterocycles. The van der Waals surface area contributed by atoms with Gasteiger partial charge in [0.25, 0.3) is 0 Å². The Balaban J connectivity index is 1.98. The van der Waals surface area contributed by atoms with Gasteiger partial charge in [-0.2, -0.15) is 13.2 Å². The van der Waals surface area contributed by atoms with Crippen LogP contribution in [0.4, 0.5) is 17.6 Å². The first kappa shape index (κ1) is 12.9. The molecule has 0 radical (unpaired) electrons. The average Bonchev–Trinajstić information content (AvgIpc) is 2.68. The Bertz CT molecular complexity index is 532. The summed E-state index contributed by atoms with van der Waals surface area (Å²) in [4.78, 5) is 0. The molecule has 2 rings (SSSR count). The number of fused-ring (bicyclic) bond motifs is 1. The van der Waals surface area contributed by atoms with Crippen molar-refractivity contribution in [1.82, 2.24) is 4.57 Å². The van der Waals surface area contributed by atoms with Crippen LogP contribution in [0.1, 0.15) is 0 Å². The van der Waals surface area contributed by atoms with E-state index in [1.54, 1.807) is 29.0 Å². The summed E-state index contributed by atoms with van der Waals surface area (Å²) >= 11 is 0. The lowest BCUT2D eigenvalue weighted by molar-refractivity contribution is -0.174. The quantitative estimate of drug-likeness (QED) is 0.608. The number of rotatable bonds is 4. The first-order chi connectivity index (χ1) is 8.47. The Kier molecular flexibility index (Phi) is 3.56. The van der Waals surface area contributed by atoms with Crippen molar-refractivity contribution in [1.29, 1.82) is 0 Å². The molecule has 1 aromatic heterocycles. The third-order valence-electron chi connectivity index (χ3n) is 2.50. The summed E-state index contributed by atoms with van der Waals surface area (Å²) in [5.41, 5.74) is 0.644. The minimum absolute atomic E-state index is 0.0696. The highest BCUT2D eigenvalue weighted by atomic mass is 19.4. The summed E-state index contributed by atoms with van der Waals surface area (Å²) in [6.07, 6.45) is -2.68. The summed E-state index contributed by atoms with van der Waals surface area (Å²) in [5, 5.41) is 0.452. The van der Waals surface area contributed by atoms with Gasteiger partial charge in [0.2, 0.25) is 0 Å². The monoisotopic (exact) mass is 261 g/mol. The number of hydrogen-bond acceptors (Lipinski definition) is 1. The van der Waals surface area contributed by atoms with Crippen molar-refractivity contribution in [2.24, 2.45) is 0 Å². The van der Waals surface area contributed by atoms with Crippen LogP contribution in [0.3, 0.4) is 0 Å². The van der Waals surface area contributed by atoms with E-state index in [-0.39, 0.29) is 19.0 Å². The molecule has 0 aliphatic carbocycles. The zero-order chi connectivity index (χ0) is 13.2. The number of nitrogens with zero attached hydrogens (tertiary/aromatic N) is 1. The number of benzene rings is 1. The van der Waals surface area contributed by atoms with Crippen LogP contribution in [-0.4, -0.2) is 24.0 Å². The van der Waals surface area contributed by atoms with E-state index in [0.717, 1.165) is 0 Å². The zero-order valence-electron chi connectivity index (χ0n) is 9.38. The van der Waals surface area contributed by atoms with E-state index < -0.39 is 12.8 Å². The van der Waals surface area contributed by atoms with E-state index in [9.17, 15) is 17.6 Å². The number of aromatic nitrogens is 1. The molecule has 0 amide bonds. The highest BCUT2D eigenvalue weighted by Gasteiger charge is 2.27. The fourth-order valence-corrected chi connectivity index (χ4v) is 1.73. The van der Waals surface area contributed by atoms with Crippen LogP contribution in [0.25, 0.3) is 10.9 Å². The summed E-state index contributed by atoms with van der Waals surface area (Å²) in [6.45, 7) is -1.08. The number of alkyl halides is 3. The van der Waals surface area contributed by atoms with Gasteiger partial charge in [-0.25, -0.2) is 4.39 Å². The lowest BCUT2D eigenvalue weighted by atomic mass is 10.2. The molecule has 1 aromatic carbocycles. The maximum absolute atomic E-state index is 13.4. The Morgan fingerprint density at radius 3 is 2.67 bits per heavy atom. The average molecular weight is 261 g/mol. The standard InChI is InChI=1S/C12H11F4NO/c13-10-2-1-3-11-9(10)4-5-17(11)6-7-18-8-12(14,15)16/h1-5H,6-8H2. The Hall–Kier alpha value is -1.56. The number of halogens is 4. The van der Waals surface area contributed by atoms with Crippen LogP contribution < -0.4 is 0 Å². The van der Waals surface area contributed by atoms with Gasteiger partial charge in [0.1, 0.15) is 12.4 Å². The van der Waals surface area contributed by atoms with Crippen LogP contribution in [0, 0.1) is 5.82 Å². The van der Waals surface area contributed by atoms with Crippen molar-refractivity contribution >= 4 is 10.9 Å². The first-order valence-electron chi connectivity index (χ1n) is 5.35. The molecule has 0 atom stereocenters. The third-order valence-corrected chi connectivity index (χ3v) is 2.50. The van der Waals surface area contributed by atoms with Crippen molar-refractivity contribution in [2.45, 2.75) is 12.7 Å². The topological polar surface area (TPSA) is 14.2 Å².